The number of halogens is 2. The van der Waals surface area contributed by atoms with Gasteiger partial charge in [-0.05, 0) is 42.7 Å². The Morgan fingerprint density at radius 2 is 1.75 bits per heavy atom. The highest BCUT2D eigenvalue weighted by atomic mass is 79.9. The molecule has 0 spiro atoms. The van der Waals surface area contributed by atoms with Gasteiger partial charge in [-0.2, -0.15) is 0 Å². The van der Waals surface area contributed by atoms with Crippen molar-refractivity contribution in [2.75, 3.05) is 12.0 Å². The zero-order valence-corrected chi connectivity index (χ0v) is 11.8. The fourth-order valence-electron chi connectivity index (χ4n) is 1.77. The van der Waals surface area contributed by atoms with Crippen molar-refractivity contribution in [3.8, 4) is 0 Å². The lowest BCUT2D eigenvalue weighted by Gasteiger charge is -2.15. The highest BCUT2D eigenvalue weighted by Gasteiger charge is 2.18. The van der Waals surface area contributed by atoms with Crippen molar-refractivity contribution in [3.63, 3.8) is 0 Å². The lowest BCUT2D eigenvalue weighted by Crippen LogP contribution is -2.11. The molecule has 1 aromatic carbocycles. The second-order valence-electron chi connectivity index (χ2n) is 4.01. The van der Waals surface area contributed by atoms with Gasteiger partial charge in [0.05, 0.1) is 10.6 Å². The molecular weight excluding hydrogens is 295 g/mol. The van der Waals surface area contributed by atoms with Gasteiger partial charge in [0.25, 0.3) is 0 Å². The number of aryl methyl sites for hydroxylation is 2. The molecule has 0 amide bonds. The van der Waals surface area contributed by atoms with E-state index in [2.05, 4.69) is 15.9 Å². The highest BCUT2D eigenvalue weighted by Crippen LogP contribution is 2.30. The second-order valence-corrected chi connectivity index (χ2v) is 7.30. The van der Waals surface area contributed by atoms with E-state index in [1.165, 1.54) is 18.4 Å². The standard InChI is InChI=1S/C11H14BrFO2S/c1-7-4-9(13)5-8(2)11(7)10(12)6-16(3,14)15/h4-5,10H,6H2,1-3H3. The predicted molar refractivity (Wildman–Crippen MR) is 67.3 cm³/mol. The van der Waals surface area contributed by atoms with Crippen molar-refractivity contribution in [1.29, 1.82) is 0 Å². The smallest absolute Gasteiger partial charge is 0.148 e. The van der Waals surface area contributed by atoms with Crippen LogP contribution < -0.4 is 0 Å². The van der Waals surface area contributed by atoms with Crippen LogP contribution in [0.2, 0.25) is 0 Å². The lowest BCUT2D eigenvalue weighted by molar-refractivity contribution is 0.600. The first kappa shape index (κ1) is 13.6. The molecule has 0 radical (unpaired) electrons. The van der Waals surface area contributed by atoms with E-state index in [4.69, 9.17) is 0 Å². The quantitative estimate of drug-likeness (QED) is 0.805. The van der Waals surface area contributed by atoms with Crippen LogP contribution in [0.15, 0.2) is 12.1 Å². The molecule has 1 atom stereocenters. The highest BCUT2D eigenvalue weighted by molar-refractivity contribution is 9.09. The zero-order chi connectivity index (χ0) is 12.5. The number of hydrogen-bond acceptors (Lipinski definition) is 2. The van der Waals surface area contributed by atoms with E-state index in [9.17, 15) is 12.8 Å². The molecule has 0 saturated heterocycles. The van der Waals surface area contributed by atoms with Gasteiger partial charge < -0.3 is 0 Å². The van der Waals surface area contributed by atoms with Crippen molar-refractivity contribution in [1.82, 2.24) is 0 Å². The number of alkyl halides is 1. The monoisotopic (exact) mass is 308 g/mol. The van der Waals surface area contributed by atoms with Crippen LogP contribution in [0, 0.1) is 19.7 Å². The SMILES string of the molecule is Cc1cc(F)cc(C)c1C(Br)CS(C)(=O)=O. The first-order chi connectivity index (χ1) is 7.20. The molecule has 0 aliphatic heterocycles. The Hall–Kier alpha value is -0.420. The molecule has 0 bridgehead atoms. The van der Waals surface area contributed by atoms with Crippen molar-refractivity contribution in [2.24, 2.45) is 0 Å². The molecule has 1 rings (SSSR count). The second kappa shape index (κ2) is 4.84. The summed E-state index contributed by atoms with van der Waals surface area (Å²) in [5, 5.41) is 0. The molecule has 0 aliphatic rings. The van der Waals surface area contributed by atoms with Crippen molar-refractivity contribution >= 4 is 25.8 Å². The summed E-state index contributed by atoms with van der Waals surface area (Å²) in [7, 11) is -3.06. The van der Waals surface area contributed by atoms with Crippen LogP contribution in [0.5, 0.6) is 0 Å². The van der Waals surface area contributed by atoms with Crippen LogP contribution in [-0.4, -0.2) is 20.4 Å². The van der Waals surface area contributed by atoms with Crippen LogP contribution in [0.3, 0.4) is 0 Å². The van der Waals surface area contributed by atoms with E-state index in [1.807, 2.05) is 0 Å². The van der Waals surface area contributed by atoms with Gasteiger partial charge in [0.1, 0.15) is 15.7 Å². The van der Waals surface area contributed by atoms with E-state index in [-0.39, 0.29) is 16.4 Å². The van der Waals surface area contributed by atoms with Gasteiger partial charge in [-0.1, -0.05) is 15.9 Å². The van der Waals surface area contributed by atoms with Gasteiger partial charge in [-0.3, -0.25) is 0 Å². The Morgan fingerprint density at radius 3 is 2.12 bits per heavy atom. The average molecular weight is 309 g/mol. The van der Waals surface area contributed by atoms with E-state index < -0.39 is 9.84 Å². The van der Waals surface area contributed by atoms with E-state index in [0.29, 0.717) is 0 Å². The minimum absolute atomic E-state index is 0.0142. The minimum atomic E-state index is -3.06. The molecule has 0 saturated carbocycles. The predicted octanol–water partition coefficient (Wildman–Crippen LogP) is 2.92. The third-order valence-corrected chi connectivity index (χ3v) is 4.47. The molecule has 2 nitrogen and oxygen atoms in total. The van der Waals surface area contributed by atoms with Crippen LogP contribution in [0.1, 0.15) is 21.5 Å². The van der Waals surface area contributed by atoms with Crippen molar-refractivity contribution in [3.05, 3.63) is 34.6 Å². The summed E-state index contributed by atoms with van der Waals surface area (Å²) in [5.41, 5.74) is 2.39. The molecule has 0 aromatic heterocycles. The maximum atomic E-state index is 13.1. The Bertz CT molecular complexity index is 474. The summed E-state index contributed by atoms with van der Waals surface area (Å²) in [6.45, 7) is 3.56. The fraction of sp³-hybridized carbons (Fsp3) is 0.455. The minimum Gasteiger partial charge on any atom is -0.229 e. The van der Waals surface area contributed by atoms with Crippen LogP contribution in [0.4, 0.5) is 4.39 Å². The largest absolute Gasteiger partial charge is 0.229 e. The fourth-order valence-corrected chi connectivity index (χ4v) is 4.63. The lowest BCUT2D eigenvalue weighted by atomic mass is 10.0. The number of hydrogen-bond donors (Lipinski definition) is 0. The Labute approximate surface area is 104 Å². The van der Waals surface area contributed by atoms with Crippen molar-refractivity contribution in [2.45, 2.75) is 18.7 Å². The maximum absolute atomic E-state index is 13.1. The molecule has 5 heteroatoms. The van der Waals surface area contributed by atoms with E-state index >= 15 is 0 Å². The third-order valence-electron chi connectivity index (χ3n) is 2.32. The molecule has 0 fully saturated rings. The Morgan fingerprint density at radius 1 is 1.31 bits per heavy atom. The summed E-state index contributed by atoms with van der Waals surface area (Å²) in [4.78, 5) is -0.289. The molecule has 1 unspecified atom stereocenters. The molecule has 16 heavy (non-hydrogen) atoms. The molecule has 1 aromatic rings. The van der Waals surface area contributed by atoms with Gasteiger partial charge in [0.2, 0.25) is 0 Å². The van der Waals surface area contributed by atoms with E-state index in [1.54, 1.807) is 13.8 Å². The number of sulfone groups is 1. The van der Waals surface area contributed by atoms with Gasteiger partial charge in [0.15, 0.2) is 0 Å². The van der Waals surface area contributed by atoms with Crippen LogP contribution >= 0.6 is 15.9 Å². The van der Waals surface area contributed by atoms with E-state index in [0.717, 1.165) is 16.7 Å². The zero-order valence-electron chi connectivity index (χ0n) is 9.42. The number of rotatable bonds is 3. The summed E-state index contributed by atoms with van der Waals surface area (Å²) in [5.74, 6) is -0.279. The molecule has 0 N–H and O–H groups in total. The van der Waals surface area contributed by atoms with Gasteiger partial charge in [-0.25, -0.2) is 12.8 Å². The van der Waals surface area contributed by atoms with Crippen LogP contribution in [-0.2, 0) is 9.84 Å². The van der Waals surface area contributed by atoms with Crippen molar-refractivity contribution < 1.29 is 12.8 Å². The summed E-state index contributed by atoms with van der Waals surface area (Å²) in [6.07, 6.45) is 1.19. The topological polar surface area (TPSA) is 34.1 Å². The maximum Gasteiger partial charge on any atom is 0.148 e. The number of benzene rings is 1. The summed E-state index contributed by atoms with van der Waals surface area (Å²) in [6, 6.07) is 2.83. The third kappa shape index (κ3) is 3.56. The molecule has 90 valence electrons. The van der Waals surface area contributed by atoms with Gasteiger partial charge in [-0.15, -0.1) is 0 Å². The first-order valence-corrected chi connectivity index (χ1v) is 7.77. The average Bonchev–Trinajstić information content (AvgIpc) is 1.96. The van der Waals surface area contributed by atoms with Gasteiger partial charge >= 0.3 is 0 Å². The van der Waals surface area contributed by atoms with Crippen LogP contribution in [0.25, 0.3) is 0 Å². The summed E-state index contributed by atoms with van der Waals surface area (Å²) < 4.78 is 35.5. The summed E-state index contributed by atoms with van der Waals surface area (Å²) >= 11 is 3.35. The molecular formula is C11H14BrFO2S. The Kier molecular flexibility index (Phi) is 4.12. The van der Waals surface area contributed by atoms with Gasteiger partial charge in [0, 0.05) is 6.26 Å². The normalized spacial score (nSPS) is 13.8. The first-order valence-electron chi connectivity index (χ1n) is 4.79. The molecule has 0 aliphatic carbocycles. The molecule has 0 heterocycles. The Balaban J connectivity index is 3.14.